The van der Waals surface area contributed by atoms with E-state index in [0.717, 1.165) is 11.9 Å². The first-order valence-electron chi connectivity index (χ1n) is 11.2. The molecule has 0 unspecified atom stereocenters. The number of fused-ring (bicyclic) bond motifs is 2. The average Bonchev–Trinajstić information content (AvgIpc) is 2.86. The van der Waals surface area contributed by atoms with Gasteiger partial charge in [0.1, 0.15) is 12.5 Å². The van der Waals surface area contributed by atoms with Gasteiger partial charge in [0, 0.05) is 30.7 Å². The molecule has 36 heavy (non-hydrogen) atoms. The number of carbonyl (C=O) groups is 2. The van der Waals surface area contributed by atoms with Crippen molar-refractivity contribution in [3.63, 3.8) is 0 Å². The summed E-state index contributed by atoms with van der Waals surface area (Å²) in [6.07, 6.45) is 1.06. The van der Waals surface area contributed by atoms with Crippen molar-refractivity contribution in [2.45, 2.75) is 12.5 Å². The van der Waals surface area contributed by atoms with Crippen molar-refractivity contribution < 1.29 is 23.5 Å². The molecular weight excluding hydrogens is 469 g/mol. The van der Waals surface area contributed by atoms with Crippen LogP contribution in [0.2, 0.25) is 0 Å². The number of hydrogen-bond donors (Lipinski definition) is 4. The number of likely N-dealkylation sites (N-methyl/N-ethyl adjacent to an activating group) is 1. The van der Waals surface area contributed by atoms with Gasteiger partial charge in [0.25, 0.3) is 17.4 Å². The van der Waals surface area contributed by atoms with Crippen molar-refractivity contribution in [1.82, 2.24) is 14.9 Å². The number of nitrogens with zero attached hydrogens (tertiary/aromatic N) is 3. The third-order valence-corrected chi connectivity index (χ3v) is 5.80. The fourth-order valence-electron chi connectivity index (χ4n) is 3.80. The molecule has 0 saturated carbocycles. The Kier molecular flexibility index (Phi) is 6.02. The van der Waals surface area contributed by atoms with Gasteiger partial charge in [-0.3, -0.25) is 9.59 Å². The quantitative estimate of drug-likeness (QED) is 0.349. The Hall–Kier alpha value is -4.45. The first kappa shape index (κ1) is 23.3. The Morgan fingerprint density at radius 1 is 1.06 bits per heavy atom. The van der Waals surface area contributed by atoms with Crippen LogP contribution in [-0.4, -0.2) is 59.2 Å². The van der Waals surface area contributed by atoms with Crippen LogP contribution in [0.4, 0.5) is 38.9 Å². The fraction of sp³-hybridized carbons (Fsp3) is 0.250. The van der Waals surface area contributed by atoms with E-state index in [0.29, 0.717) is 22.8 Å². The van der Waals surface area contributed by atoms with Gasteiger partial charge >= 0.3 is 0 Å². The lowest BCUT2D eigenvalue weighted by Gasteiger charge is -2.36. The Labute approximate surface area is 206 Å². The number of carbonyl (C=O) groups excluding carboxylic acids is 2. The molecule has 12 heteroatoms. The number of ether oxygens (including phenoxy) is 2. The third-order valence-electron chi connectivity index (χ3n) is 5.80. The summed E-state index contributed by atoms with van der Waals surface area (Å²) in [6, 6.07) is 12.1. The minimum absolute atomic E-state index is 0.0642. The molecule has 1 aromatic heterocycles. The van der Waals surface area contributed by atoms with Crippen LogP contribution in [-0.2, 0) is 14.3 Å². The first-order valence-corrected chi connectivity index (χ1v) is 11.2. The van der Waals surface area contributed by atoms with Crippen molar-refractivity contribution in [2.75, 3.05) is 48.2 Å². The molecule has 1 atom stereocenters. The zero-order chi connectivity index (χ0) is 25.3. The molecule has 186 valence electrons. The summed E-state index contributed by atoms with van der Waals surface area (Å²) in [4.78, 5) is 35.7. The van der Waals surface area contributed by atoms with E-state index < -0.39 is 23.2 Å². The molecule has 4 N–H and O–H groups in total. The maximum absolute atomic E-state index is 14.5. The van der Waals surface area contributed by atoms with Crippen LogP contribution in [0.5, 0.6) is 5.75 Å². The van der Waals surface area contributed by atoms with Crippen LogP contribution in [0.1, 0.15) is 6.92 Å². The molecule has 0 aliphatic carbocycles. The number of nitrogens with one attached hydrogen (secondary N) is 4. The summed E-state index contributed by atoms with van der Waals surface area (Å²) >= 11 is 0. The lowest BCUT2D eigenvalue weighted by Crippen LogP contribution is -2.59. The van der Waals surface area contributed by atoms with Crippen molar-refractivity contribution in [1.29, 1.82) is 0 Å². The summed E-state index contributed by atoms with van der Waals surface area (Å²) < 4.78 is 26.0. The Morgan fingerprint density at radius 2 is 1.86 bits per heavy atom. The minimum atomic E-state index is -1.76. The molecule has 0 radical (unpaired) electrons. The van der Waals surface area contributed by atoms with E-state index in [9.17, 15) is 14.0 Å². The van der Waals surface area contributed by atoms with Crippen LogP contribution in [0.15, 0.2) is 48.7 Å². The van der Waals surface area contributed by atoms with Crippen molar-refractivity contribution in [2.24, 2.45) is 0 Å². The Balaban J connectivity index is 1.50. The molecule has 2 amide bonds. The summed E-state index contributed by atoms with van der Waals surface area (Å²) in [5.41, 5.74) is 0.482. The SMILES string of the molecule is CN1CCOCNc2cccc(c2)Nc2ncc(F)c(n2)Nc2ccc3c(c2)NC(=O)[C@](C)(O3)C1=O. The maximum atomic E-state index is 14.5. The molecule has 0 spiro atoms. The van der Waals surface area contributed by atoms with E-state index in [-0.39, 0.29) is 31.6 Å². The number of rotatable bonds is 0. The molecule has 3 aromatic rings. The van der Waals surface area contributed by atoms with Crippen LogP contribution in [0.3, 0.4) is 0 Å². The van der Waals surface area contributed by atoms with E-state index in [1.165, 1.54) is 11.8 Å². The molecule has 4 aliphatic heterocycles. The smallest absolute Gasteiger partial charge is 0.278 e. The number of hydrogen-bond acceptors (Lipinski definition) is 9. The Bertz CT molecular complexity index is 1340. The van der Waals surface area contributed by atoms with Crippen LogP contribution < -0.4 is 26.0 Å². The fourth-order valence-corrected chi connectivity index (χ4v) is 3.80. The largest absolute Gasteiger partial charge is 0.466 e. The molecule has 0 saturated heterocycles. The van der Waals surface area contributed by atoms with Crippen molar-refractivity contribution >= 4 is 46.3 Å². The lowest BCUT2D eigenvalue weighted by molar-refractivity contribution is -0.154. The second kappa shape index (κ2) is 9.30. The van der Waals surface area contributed by atoms with Gasteiger partial charge in [-0.05, 0) is 43.3 Å². The number of anilines is 6. The molecule has 5 heterocycles. The number of amides is 2. The zero-order valence-corrected chi connectivity index (χ0v) is 19.6. The van der Waals surface area contributed by atoms with Gasteiger partial charge in [-0.2, -0.15) is 4.98 Å². The summed E-state index contributed by atoms with van der Waals surface area (Å²) in [5.74, 6) is -1.36. The van der Waals surface area contributed by atoms with E-state index in [4.69, 9.17) is 9.47 Å². The van der Waals surface area contributed by atoms with Gasteiger partial charge in [0.2, 0.25) is 5.95 Å². The van der Waals surface area contributed by atoms with E-state index in [1.54, 1.807) is 25.2 Å². The molecule has 7 rings (SSSR count). The van der Waals surface area contributed by atoms with E-state index >= 15 is 0 Å². The standard InChI is InChI=1S/C24H24FN7O4/c1-24-21(33)30-18-11-16(6-7-19(18)36-24)28-20-17(25)12-26-23(31-20)29-15-5-3-4-14(10-15)27-13-35-9-8-32(2)22(24)34/h3-7,10-12,27H,8-9,13H2,1-2H3,(H,30,33)(H2,26,28,29,31)/t24-/m0/s1. The molecule has 8 bridgehead atoms. The highest BCUT2D eigenvalue weighted by Gasteiger charge is 2.48. The predicted molar refractivity (Wildman–Crippen MR) is 131 cm³/mol. The number of halogens is 1. The minimum Gasteiger partial charge on any atom is -0.466 e. The molecule has 11 nitrogen and oxygen atoms in total. The summed E-state index contributed by atoms with van der Waals surface area (Å²) in [6.45, 7) is 2.10. The maximum Gasteiger partial charge on any atom is 0.278 e. The van der Waals surface area contributed by atoms with Crippen LogP contribution >= 0.6 is 0 Å². The number of aromatic nitrogens is 2. The summed E-state index contributed by atoms with van der Waals surface area (Å²) in [5, 5.41) is 11.8. The van der Waals surface area contributed by atoms with Gasteiger partial charge in [-0.25, -0.2) is 9.37 Å². The van der Waals surface area contributed by atoms with Crippen LogP contribution in [0.25, 0.3) is 0 Å². The third kappa shape index (κ3) is 4.58. The topological polar surface area (TPSA) is 130 Å². The number of benzene rings is 2. The van der Waals surface area contributed by atoms with Gasteiger partial charge in [-0.1, -0.05) is 6.07 Å². The van der Waals surface area contributed by atoms with Gasteiger partial charge in [0.05, 0.1) is 18.5 Å². The van der Waals surface area contributed by atoms with E-state index in [2.05, 4.69) is 31.2 Å². The monoisotopic (exact) mass is 493 g/mol. The molecule has 2 aromatic carbocycles. The van der Waals surface area contributed by atoms with Gasteiger partial charge in [-0.15, -0.1) is 0 Å². The second-order valence-electron chi connectivity index (χ2n) is 8.48. The van der Waals surface area contributed by atoms with Crippen molar-refractivity contribution in [3.05, 3.63) is 54.5 Å². The highest BCUT2D eigenvalue weighted by atomic mass is 19.1. The Morgan fingerprint density at radius 3 is 2.72 bits per heavy atom. The average molecular weight is 493 g/mol. The highest BCUT2D eigenvalue weighted by Crippen LogP contribution is 2.37. The summed E-state index contributed by atoms with van der Waals surface area (Å²) in [7, 11) is 1.58. The van der Waals surface area contributed by atoms with Crippen LogP contribution in [0, 0.1) is 5.82 Å². The zero-order valence-electron chi connectivity index (χ0n) is 19.6. The predicted octanol–water partition coefficient (Wildman–Crippen LogP) is 3.05. The lowest BCUT2D eigenvalue weighted by atomic mass is 10.0. The second-order valence-corrected chi connectivity index (χ2v) is 8.48. The molecular formula is C24H24FN7O4. The van der Waals surface area contributed by atoms with E-state index in [1.807, 2.05) is 24.3 Å². The molecule has 4 aliphatic rings. The first-order chi connectivity index (χ1) is 17.3. The van der Waals surface area contributed by atoms with Gasteiger partial charge < -0.3 is 35.6 Å². The molecule has 0 fully saturated rings. The van der Waals surface area contributed by atoms with Crippen molar-refractivity contribution in [3.8, 4) is 5.75 Å². The van der Waals surface area contributed by atoms with Gasteiger partial charge in [0.15, 0.2) is 11.6 Å². The highest BCUT2D eigenvalue weighted by molar-refractivity contribution is 6.15. The normalized spacial score (nSPS) is 19.8.